The summed E-state index contributed by atoms with van der Waals surface area (Å²) in [5, 5.41) is 0. The third-order valence-electron chi connectivity index (χ3n) is 4.13. The molecule has 0 radical (unpaired) electrons. The summed E-state index contributed by atoms with van der Waals surface area (Å²) in [6.45, 7) is 11.3. The lowest BCUT2D eigenvalue weighted by atomic mass is 10.0. The van der Waals surface area contributed by atoms with Crippen LogP contribution in [0.5, 0.6) is 0 Å². The van der Waals surface area contributed by atoms with Crippen molar-refractivity contribution < 1.29 is 4.74 Å². The first kappa shape index (κ1) is 14.5. The Bertz CT molecular complexity index is 433. The molecule has 0 saturated carbocycles. The molecule has 1 saturated heterocycles. The number of nitrogens with zero attached hydrogens (tertiary/aromatic N) is 1. The van der Waals surface area contributed by atoms with Crippen LogP contribution < -0.4 is 5.73 Å². The van der Waals surface area contributed by atoms with Gasteiger partial charge in [-0.2, -0.15) is 0 Å². The number of aryl methyl sites for hydroxylation is 2. The Kier molecular flexibility index (Phi) is 4.61. The summed E-state index contributed by atoms with van der Waals surface area (Å²) >= 11 is 0. The zero-order valence-corrected chi connectivity index (χ0v) is 12.5. The lowest BCUT2D eigenvalue weighted by Gasteiger charge is -2.38. The fraction of sp³-hybridized carbons (Fsp3) is 0.625. The third-order valence-corrected chi connectivity index (χ3v) is 4.13. The number of hydrogen-bond donors (Lipinski definition) is 1. The van der Waals surface area contributed by atoms with Gasteiger partial charge in [0.15, 0.2) is 0 Å². The minimum absolute atomic E-state index is 0.0760. The van der Waals surface area contributed by atoms with Crippen molar-refractivity contribution in [2.24, 2.45) is 5.73 Å². The third kappa shape index (κ3) is 3.56. The summed E-state index contributed by atoms with van der Waals surface area (Å²) in [5.41, 5.74) is 10.2. The highest BCUT2D eigenvalue weighted by Gasteiger charge is 2.25. The van der Waals surface area contributed by atoms with E-state index < -0.39 is 0 Å². The van der Waals surface area contributed by atoms with Gasteiger partial charge in [-0.15, -0.1) is 0 Å². The van der Waals surface area contributed by atoms with Gasteiger partial charge in [0.2, 0.25) is 0 Å². The molecule has 1 aromatic rings. The second-order valence-electron chi connectivity index (χ2n) is 5.90. The van der Waals surface area contributed by atoms with Gasteiger partial charge in [0.25, 0.3) is 0 Å². The van der Waals surface area contributed by atoms with Gasteiger partial charge in [0, 0.05) is 25.2 Å². The van der Waals surface area contributed by atoms with Crippen molar-refractivity contribution in [1.29, 1.82) is 0 Å². The van der Waals surface area contributed by atoms with E-state index in [4.69, 9.17) is 10.5 Å². The molecule has 2 N–H and O–H groups in total. The van der Waals surface area contributed by atoms with Crippen LogP contribution in [0.1, 0.15) is 36.6 Å². The normalized spacial score (nSPS) is 26.4. The zero-order valence-electron chi connectivity index (χ0n) is 12.5. The molecule has 3 nitrogen and oxygen atoms in total. The monoisotopic (exact) mass is 262 g/mol. The van der Waals surface area contributed by atoms with E-state index in [0.29, 0.717) is 12.1 Å². The maximum Gasteiger partial charge on any atom is 0.0674 e. The van der Waals surface area contributed by atoms with Crippen LogP contribution in [-0.2, 0) is 4.74 Å². The molecule has 0 aromatic heterocycles. The molecule has 19 heavy (non-hydrogen) atoms. The van der Waals surface area contributed by atoms with Crippen molar-refractivity contribution in [1.82, 2.24) is 4.90 Å². The van der Waals surface area contributed by atoms with Crippen LogP contribution in [0, 0.1) is 13.8 Å². The predicted octanol–water partition coefficient (Wildman–Crippen LogP) is 2.41. The maximum absolute atomic E-state index is 6.37. The van der Waals surface area contributed by atoms with Crippen LogP contribution in [0.2, 0.25) is 0 Å². The van der Waals surface area contributed by atoms with E-state index in [9.17, 15) is 0 Å². The summed E-state index contributed by atoms with van der Waals surface area (Å²) in [7, 11) is 0. The van der Waals surface area contributed by atoms with E-state index in [1.165, 1.54) is 16.7 Å². The Labute approximate surface area is 116 Å². The molecule has 0 bridgehead atoms. The maximum atomic E-state index is 6.37. The molecule has 3 atom stereocenters. The second kappa shape index (κ2) is 6.04. The lowest BCUT2D eigenvalue weighted by Crippen LogP contribution is -2.49. The fourth-order valence-corrected chi connectivity index (χ4v) is 2.58. The fourth-order valence-electron chi connectivity index (χ4n) is 2.58. The Balaban J connectivity index is 2.03. The molecule has 0 aliphatic carbocycles. The van der Waals surface area contributed by atoms with E-state index in [1.807, 2.05) is 0 Å². The molecule has 106 valence electrons. The SMILES string of the molecule is Cc1ccc(C(N)CN2CC(C)OCC2C)cc1C. The Morgan fingerprint density at radius 1 is 1.32 bits per heavy atom. The molecule has 1 aliphatic rings. The zero-order chi connectivity index (χ0) is 14.0. The van der Waals surface area contributed by atoms with Gasteiger partial charge in [-0.05, 0) is 44.4 Å². The van der Waals surface area contributed by atoms with Crippen LogP contribution in [0.4, 0.5) is 0 Å². The summed E-state index contributed by atoms with van der Waals surface area (Å²) in [5.74, 6) is 0. The minimum Gasteiger partial charge on any atom is -0.376 e. The number of hydrogen-bond acceptors (Lipinski definition) is 3. The van der Waals surface area contributed by atoms with Gasteiger partial charge >= 0.3 is 0 Å². The van der Waals surface area contributed by atoms with Gasteiger partial charge in [0.05, 0.1) is 12.7 Å². The molecule has 0 amide bonds. The smallest absolute Gasteiger partial charge is 0.0674 e. The Morgan fingerprint density at radius 2 is 2.05 bits per heavy atom. The van der Waals surface area contributed by atoms with E-state index >= 15 is 0 Å². The number of rotatable bonds is 3. The minimum atomic E-state index is 0.0760. The second-order valence-corrected chi connectivity index (χ2v) is 5.90. The van der Waals surface area contributed by atoms with Crippen molar-refractivity contribution in [3.8, 4) is 0 Å². The number of morpholine rings is 1. The van der Waals surface area contributed by atoms with Gasteiger partial charge in [-0.25, -0.2) is 0 Å². The van der Waals surface area contributed by atoms with Crippen LogP contribution in [0.3, 0.4) is 0 Å². The molecular formula is C16H26N2O. The van der Waals surface area contributed by atoms with Crippen LogP contribution in [-0.4, -0.2) is 36.7 Å². The first-order valence-electron chi connectivity index (χ1n) is 7.15. The molecular weight excluding hydrogens is 236 g/mol. The van der Waals surface area contributed by atoms with Crippen molar-refractivity contribution in [3.05, 3.63) is 34.9 Å². The summed E-state index contributed by atoms with van der Waals surface area (Å²) in [6.07, 6.45) is 0.308. The van der Waals surface area contributed by atoms with Gasteiger partial charge in [-0.3, -0.25) is 4.90 Å². The summed E-state index contributed by atoms with van der Waals surface area (Å²) in [4.78, 5) is 2.44. The molecule has 3 heteroatoms. The Hall–Kier alpha value is -0.900. The molecule has 0 spiro atoms. The van der Waals surface area contributed by atoms with Crippen LogP contribution >= 0.6 is 0 Å². The number of ether oxygens (including phenoxy) is 1. The van der Waals surface area contributed by atoms with Crippen LogP contribution in [0.15, 0.2) is 18.2 Å². The molecule has 1 fully saturated rings. The highest BCUT2D eigenvalue weighted by atomic mass is 16.5. The molecule has 1 heterocycles. The van der Waals surface area contributed by atoms with Crippen LogP contribution in [0.25, 0.3) is 0 Å². The van der Waals surface area contributed by atoms with Crippen molar-refractivity contribution in [2.75, 3.05) is 19.7 Å². The standard InChI is InChI=1S/C16H26N2O/c1-11-5-6-15(7-12(11)2)16(17)9-18-8-14(4)19-10-13(18)3/h5-7,13-14,16H,8-10,17H2,1-4H3. The molecule has 1 aliphatic heterocycles. The van der Waals surface area contributed by atoms with Crippen molar-refractivity contribution in [3.63, 3.8) is 0 Å². The Morgan fingerprint density at radius 3 is 2.74 bits per heavy atom. The summed E-state index contributed by atoms with van der Waals surface area (Å²) < 4.78 is 5.66. The molecule has 2 rings (SSSR count). The van der Waals surface area contributed by atoms with E-state index in [1.54, 1.807) is 0 Å². The number of benzene rings is 1. The van der Waals surface area contributed by atoms with E-state index in [0.717, 1.165) is 19.7 Å². The highest BCUT2D eigenvalue weighted by Crippen LogP contribution is 2.19. The number of nitrogens with two attached hydrogens (primary N) is 1. The van der Waals surface area contributed by atoms with Gasteiger partial charge < -0.3 is 10.5 Å². The van der Waals surface area contributed by atoms with E-state index in [2.05, 4.69) is 50.8 Å². The molecule has 1 aromatic carbocycles. The predicted molar refractivity (Wildman–Crippen MR) is 79.3 cm³/mol. The largest absolute Gasteiger partial charge is 0.376 e. The average molecular weight is 262 g/mol. The first-order chi connectivity index (χ1) is 8.97. The van der Waals surface area contributed by atoms with Gasteiger partial charge in [-0.1, -0.05) is 18.2 Å². The quantitative estimate of drug-likeness (QED) is 0.909. The summed E-state index contributed by atoms with van der Waals surface area (Å²) in [6, 6.07) is 7.06. The topological polar surface area (TPSA) is 38.5 Å². The van der Waals surface area contributed by atoms with Crippen molar-refractivity contribution >= 4 is 0 Å². The van der Waals surface area contributed by atoms with Gasteiger partial charge in [0.1, 0.15) is 0 Å². The van der Waals surface area contributed by atoms with Crippen molar-refractivity contribution in [2.45, 2.75) is 45.9 Å². The molecule has 3 unspecified atom stereocenters. The lowest BCUT2D eigenvalue weighted by molar-refractivity contribution is -0.0510. The van der Waals surface area contributed by atoms with E-state index in [-0.39, 0.29) is 6.04 Å². The highest BCUT2D eigenvalue weighted by molar-refractivity contribution is 5.31. The average Bonchev–Trinajstić information content (AvgIpc) is 2.37. The first-order valence-corrected chi connectivity index (χ1v) is 7.15.